The second-order valence-electron chi connectivity index (χ2n) is 4.19. The first-order valence-electron chi connectivity index (χ1n) is 6.27. The molecule has 19 heavy (non-hydrogen) atoms. The zero-order valence-corrected chi connectivity index (χ0v) is 10.7. The molecule has 2 aromatic heterocycles. The standard InChI is InChI=1S/C15H14N2O2/c1-2-18-12-7-5-11(6-8-12)10-14-17-13-4-3-9-16-15(13)19-14/h3-9H,2,10H2,1H3. The average molecular weight is 254 g/mol. The van der Waals surface area contributed by atoms with E-state index in [-0.39, 0.29) is 0 Å². The molecule has 0 bridgehead atoms. The van der Waals surface area contributed by atoms with Crippen molar-refractivity contribution in [1.82, 2.24) is 9.97 Å². The number of benzene rings is 1. The maximum atomic E-state index is 5.60. The van der Waals surface area contributed by atoms with Crippen molar-refractivity contribution in [2.75, 3.05) is 6.61 Å². The molecule has 96 valence electrons. The molecule has 0 radical (unpaired) electrons. The predicted molar refractivity (Wildman–Crippen MR) is 72.2 cm³/mol. The first-order chi connectivity index (χ1) is 9.35. The van der Waals surface area contributed by atoms with Gasteiger partial charge in [0.1, 0.15) is 11.3 Å². The molecule has 4 heteroatoms. The normalized spacial score (nSPS) is 10.8. The highest BCUT2D eigenvalue weighted by molar-refractivity contribution is 5.67. The molecule has 0 saturated carbocycles. The average Bonchev–Trinajstić information content (AvgIpc) is 2.83. The molecule has 0 saturated heterocycles. The van der Waals surface area contributed by atoms with Gasteiger partial charge in [0.05, 0.1) is 6.61 Å². The Morgan fingerprint density at radius 2 is 2.00 bits per heavy atom. The Hall–Kier alpha value is -2.36. The molecule has 1 aromatic carbocycles. The van der Waals surface area contributed by atoms with Crippen LogP contribution >= 0.6 is 0 Å². The van der Waals surface area contributed by atoms with E-state index in [0.29, 0.717) is 24.6 Å². The molecule has 3 rings (SSSR count). The summed E-state index contributed by atoms with van der Waals surface area (Å²) in [6.07, 6.45) is 2.36. The Kier molecular flexibility index (Phi) is 3.14. The maximum absolute atomic E-state index is 5.60. The molecule has 4 nitrogen and oxygen atoms in total. The van der Waals surface area contributed by atoms with Crippen molar-refractivity contribution in [2.24, 2.45) is 0 Å². The largest absolute Gasteiger partial charge is 0.494 e. The molecule has 0 aliphatic heterocycles. The van der Waals surface area contributed by atoms with Gasteiger partial charge < -0.3 is 9.15 Å². The van der Waals surface area contributed by atoms with Crippen molar-refractivity contribution < 1.29 is 9.15 Å². The van der Waals surface area contributed by atoms with Crippen LogP contribution in [0.2, 0.25) is 0 Å². The molecular weight excluding hydrogens is 240 g/mol. The summed E-state index contributed by atoms with van der Waals surface area (Å²) in [4.78, 5) is 8.54. The number of hydrogen-bond acceptors (Lipinski definition) is 4. The van der Waals surface area contributed by atoms with Crippen molar-refractivity contribution in [2.45, 2.75) is 13.3 Å². The Morgan fingerprint density at radius 1 is 1.16 bits per heavy atom. The highest BCUT2D eigenvalue weighted by Gasteiger charge is 2.06. The van der Waals surface area contributed by atoms with Crippen LogP contribution in [-0.2, 0) is 6.42 Å². The molecule has 3 aromatic rings. The summed E-state index contributed by atoms with van der Waals surface area (Å²) in [6.45, 7) is 2.65. The number of ether oxygens (including phenoxy) is 1. The SMILES string of the molecule is CCOc1ccc(Cc2nc3cccnc3o2)cc1. The van der Waals surface area contributed by atoms with Crippen LogP contribution < -0.4 is 4.74 Å². The van der Waals surface area contributed by atoms with E-state index >= 15 is 0 Å². The van der Waals surface area contributed by atoms with E-state index in [0.717, 1.165) is 16.8 Å². The fourth-order valence-electron chi connectivity index (χ4n) is 1.94. The third-order valence-corrected chi connectivity index (χ3v) is 2.80. The van der Waals surface area contributed by atoms with Gasteiger partial charge in [0.25, 0.3) is 0 Å². The number of pyridine rings is 1. The Morgan fingerprint density at radius 3 is 2.74 bits per heavy atom. The molecule has 2 heterocycles. The fraction of sp³-hybridized carbons (Fsp3) is 0.200. The number of hydrogen-bond donors (Lipinski definition) is 0. The van der Waals surface area contributed by atoms with Crippen LogP contribution in [0.4, 0.5) is 0 Å². The van der Waals surface area contributed by atoms with Crippen LogP contribution in [-0.4, -0.2) is 16.6 Å². The summed E-state index contributed by atoms with van der Waals surface area (Å²) in [5.41, 5.74) is 2.52. The van der Waals surface area contributed by atoms with E-state index in [1.54, 1.807) is 6.20 Å². The minimum absolute atomic E-state index is 0.587. The number of nitrogens with zero attached hydrogens (tertiary/aromatic N) is 2. The zero-order valence-electron chi connectivity index (χ0n) is 10.7. The van der Waals surface area contributed by atoms with Gasteiger partial charge in [-0.2, -0.15) is 0 Å². The first kappa shape index (κ1) is 11.7. The van der Waals surface area contributed by atoms with Crippen LogP contribution in [0.1, 0.15) is 18.4 Å². The van der Waals surface area contributed by atoms with Crippen molar-refractivity contribution in [3.8, 4) is 5.75 Å². The monoisotopic (exact) mass is 254 g/mol. The maximum Gasteiger partial charge on any atom is 0.246 e. The van der Waals surface area contributed by atoms with E-state index in [1.807, 2.05) is 43.3 Å². The third-order valence-electron chi connectivity index (χ3n) is 2.80. The minimum atomic E-state index is 0.587. The van der Waals surface area contributed by atoms with Crippen molar-refractivity contribution >= 4 is 11.2 Å². The van der Waals surface area contributed by atoms with Crippen LogP contribution in [0.3, 0.4) is 0 Å². The van der Waals surface area contributed by atoms with Gasteiger partial charge in [0.15, 0.2) is 0 Å². The van der Waals surface area contributed by atoms with Crippen molar-refractivity contribution in [3.63, 3.8) is 0 Å². The van der Waals surface area contributed by atoms with E-state index in [4.69, 9.17) is 9.15 Å². The van der Waals surface area contributed by atoms with Crippen LogP contribution in [0.15, 0.2) is 47.0 Å². The lowest BCUT2D eigenvalue weighted by molar-refractivity contribution is 0.340. The molecule has 0 unspecified atom stereocenters. The van der Waals surface area contributed by atoms with Gasteiger partial charge in [-0.3, -0.25) is 0 Å². The van der Waals surface area contributed by atoms with Gasteiger partial charge in [-0.25, -0.2) is 9.97 Å². The number of rotatable bonds is 4. The number of fused-ring (bicyclic) bond motifs is 1. The Labute approximate surface area is 111 Å². The van der Waals surface area contributed by atoms with Gasteiger partial charge in [0.2, 0.25) is 11.6 Å². The summed E-state index contributed by atoms with van der Waals surface area (Å²) < 4.78 is 11.0. The van der Waals surface area contributed by atoms with Gasteiger partial charge in [-0.15, -0.1) is 0 Å². The van der Waals surface area contributed by atoms with E-state index < -0.39 is 0 Å². The zero-order chi connectivity index (χ0) is 13.1. The van der Waals surface area contributed by atoms with Gasteiger partial charge in [0, 0.05) is 12.6 Å². The topological polar surface area (TPSA) is 48.2 Å². The first-order valence-corrected chi connectivity index (χ1v) is 6.27. The van der Waals surface area contributed by atoms with E-state index in [2.05, 4.69) is 9.97 Å². The van der Waals surface area contributed by atoms with E-state index in [1.165, 1.54) is 0 Å². The lowest BCUT2D eigenvalue weighted by atomic mass is 10.1. The summed E-state index contributed by atoms with van der Waals surface area (Å²) in [5, 5.41) is 0. The van der Waals surface area contributed by atoms with Gasteiger partial charge >= 0.3 is 0 Å². The molecule has 0 aliphatic rings. The van der Waals surface area contributed by atoms with E-state index in [9.17, 15) is 0 Å². The second kappa shape index (κ2) is 5.10. The minimum Gasteiger partial charge on any atom is -0.494 e. The smallest absolute Gasteiger partial charge is 0.246 e. The number of oxazole rings is 1. The lowest BCUT2D eigenvalue weighted by Crippen LogP contribution is -1.92. The second-order valence-corrected chi connectivity index (χ2v) is 4.19. The lowest BCUT2D eigenvalue weighted by Gasteiger charge is -2.03. The third kappa shape index (κ3) is 2.57. The molecule has 0 amide bonds. The van der Waals surface area contributed by atoms with Crippen LogP contribution in [0.25, 0.3) is 11.2 Å². The molecule has 0 fully saturated rings. The summed E-state index contributed by atoms with van der Waals surface area (Å²) >= 11 is 0. The molecule has 0 atom stereocenters. The number of aromatic nitrogens is 2. The quantitative estimate of drug-likeness (QED) is 0.717. The summed E-state index contributed by atoms with van der Waals surface area (Å²) in [6, 6.07) is 11.7. The van der Waals surface area contributed by atoms with Crippen LogP contribution in [0, 0.1) is 0 Å². The fourth-order valence-corrected chi connectivity index (χ4v) is 1.94. The molecule has 0 spiro atoms. The summed E-state index contributed by atoms with van der Waals surface area (Å²) in [5.74, 6) is 1.56. The van der Waals surface area contributed by atoms with Crippen molar-refractivity contribution in [3.05, 3.63) is 54.0 Å². The highest BCUT2D eigenvalue weighted by Crippen LogP contribution is 2.17. The molecular formula is C15H14N2O2. The van der Waals surface area contributed by atoms with Gasteiger partial charge in [-0.05, 0) is 36.8 Å². The molecule has 0 N–H and O–H groups in total. The van der Waals surface area contributed by atoms with Crippen LogP contribution in [0.5, 0.6) is 5.75 Å². The summed E-state index contributed by atoms with van der Waals surface area (Å²) in [7, 11) is 0. The Bertz CT molecular complexity index is 641. The molecule has 0 aliphatic carbocycles. The van der Waals surface area contributed by atoms with Crippen molar-refractivity contribution in [1.29, 1.82) is 0 Å². The highest BCUT2D eigenvalue weighted by atomic mass is 16.5. The predicted octanol–water partition coefficient (Wildman–Crippen LogP) is 3.21. The Balaban J connectivity index is 1.80. The van der Waals surface area contributed by atoms with Gasteiger partial charge in [-0.1, -0.05) is 12.1 Å².